The molecule has 0 aliphatic heterocycles. The molecule has 3 heteroatoms. The molecule has 1 saturated carbocycles. The second kappa shape index (κ2) is 4.94. The Kier molecular flexibility index (Phi) is 3.15. The van der Waals surface area contributed by atoms with E-state index in [2.05, 4.69) is 5.32 Å². The molecule has 18 heavy (non-hydrogen) atoms. The van der Waals surface area contributed by atoms with E-state index in [0.717, 1.165) is 25.1 Å². The van der Waals surface area contributed by atoms with Crippen LogP contribution in [-0.4, -0.2) is 6.04 Å². The molecule has 0 bridgehead atoms. The first-order chi connectivity index (χ1) is 8.81. The summed E-state index contributed by atoms with van der Waals surface area (Å²) in [4.78, 5) is 0. The Morgan fingerprint density at radius 1 is 1.17 bits per heavy atom. The van der Waals surface area contributed by atoms with E-state index in [1.807, 2.05) is 24.3 Å². The van der Waals surface area contributed by atoms with E-state index >= 15 is 0 Å². The molecule has 2 aromatic rings. The van der Waals surface area contributed by atoms with Crippen molar-refractivity contribution in [1.29, 1.82) is 0 Å². The predicted molar refractivity (Wildman–Crippen MR) is 67.7 cm³/mol. The molecule has 3 rings (SSSR count). The van der Waals surface area contributed by atoms with Gasteiger partial charge in [-0.25, -0.2) is 4.39 Å². The summed E-state index contributed by atoms with van der Waals surface area (Å²) < 4.78 is 18.1. The maximum atomic E-state index is 12.8. The van der Waals surface area contributed by atoms with Crippen molar-refractivity contribution in [2.75, 3.05) is 0 Å². The van der Waals surface area contributed by atoms with Gasteiger partial charge in [-0.05, 0) is 48.6 Å². The average molecular weight is 245 g/mol. The Morgan fingerprint density at radius 3 is 2.61 bits per heavy atom. The highest BCUT2D eigenvalue weighted by Crippen LogP contribution is 2.36. The molecule has 0 saturated heterocycles. The summed E-state index contributed by atoms with van der Waals surface area (Å²) in [5.74, 6) is 1.38. The van der Waals surface area contributed by atoms with E-state index in [1.165, 1.54) is 5.56 Å². The minimum absolute atomic E-state index is 0.162. The van der Waals surface area contributed by atoms with E-state index in [0.29, 0.717) is 12.0 Å². The monoisotopic (exact) mass is 245 g/mol. The normalized spacial score (nSPS) is 22.7. The molecular formula is C15H16FNO. The number of nitrogens with one attached hydrogen (secondary N) is 1. The molecule has 2 nitrogen and oxygen atoms in total. The van der Waals surface area contributed by atoms with Gasteiger partial charge in [0.25, 0.3) is 0 Å². The standard InChI is InChI=1S/C15H16FNO/c16-13-5-3-11(4-6-13)12-8-14(9-12)17-10-15-2-1-7-18-15/h1-7,12,14,17H,8-10H2. The lowest BCUT2D eigenvalue weighted by Gasteiger charge is -2.36. The van der Waals surface area contributed by atoms with Gasteiger partial charge in [-0.15, -0.1) is 0 Å². The van der Waals surface area contributed by atoms with Gasteiger partial charge in [-0.1, -0.05) is 12.1 Å². The van der Waals surface area contributed by atoms with Crippen LogP contribution in [0.15, 0.2) is 47.1 Å². The van der Waals surface area contributed by atoms with Crippen LogP contribution < -0.4 is 5.32 Å². The summed E-state index contributed by atoms with van der Waals surface area (Å²) in [6.07, 6.45) is 3.93. The molecule has 94 valence electrons. The third-order valence-corrected chi connectivity index (χ3v) is 3.62. The Hall–Kier alpha value is -1.61. The van der Waals surface area contributed by atoms with Crippen LogP contribution in [0.2, 0.25) is 0 Å². The van der Waals surface area contributed by atoms with E-state index in [9.17, 15) is 4.39 Å². The van der Waals surface area contributed by atoms with Crippen LogP contribution >= 0.6 is 0 Å². The Labute approximate surface area is 106 Å². The molecule has 1 aliphatic rings. The number of hydrogen-bond acceptors (Lipinski definition) is 2. The van der Waals surface area contributed by atoms with E-state index in [-0.39, 0.29) is 5.82 Å². The zero-order valence-electron chi connectivity index (χ0n) is 10.1. The Morgan fingerprint density at radius 2 is 1.94 bits per heavy atom. The fourth-order valence-corrected chi connectivity index (χ4v) is 2.45. The molecule has 1 N–H and O–H groups in total. The van der Waals surface area contributed by atoms with Crippen LogP contribution in [0.3, 0.4) is 0 Å². The lowest BCUT2D eigenvalue weighted by molar-refractivity contribution is 0.281. The largest absolute Gasteiger partial charge is 0.468 e. The van der Waals surface area contributed by atoms with Crippen molar-refractivity contribution in [2.45, 2.75) is 31.3 Å². The van der Waals surface area contributed by atoms with Gasteiger partial charge in [0.1, 0.15) is 11.6 Å². The van der Waals surface area contributed by atoms with Crippen LogP contribution in [0, 0.1) is 5.82 Å². The lowest BCUT2D eigenvalue weighted by Crippen LogP contribution is -2.39. The van der Waals surface area contributed by atoms with Crippen LogP contribution in [0.4, 0.5) is 4.39 Å². The smallest absolute Gasteiger partial charge is 0.123 e. The van der Waals surface area contributed by atoms with Crippen molar-refractivity contribution >= 4 is 0 Å². The number of benzene rings is 1. The lowest BCUT2D eigenvalue weighted by atomic mass is 9.76. The first kappa shape index (κ1) is 11.5. The quantitative estimate of drug-likeness (QED) is 0.892. The van der Waals surface area contributed by atoms with Gasteiger partial charge in [0.15, 0.2) is 0 Å². The van der Waals surface area contributed by atoms with Gasteiger partial charge in [0, 0.05) is 6.04 Å². The zero-order valence-corrected chi connectivity index (χ0v) is 10.1. The van der Waals surface area contributed by atoms with Crippen molar-refractivity contribution in [3.8, 4) is 0 Å². The minimum atomic E-state index is -0.162. The fraction of sp³-hybridized carbons (Fsp3) is 0.333. The molecule has 1 aliphatic carbocycles. The molecule has 0 spiro atoms. The Bertz CT molecular complexity index is 486. The topological polar surface area (TPSA) is 25.2 Å². The summed E-state index contributed by atoms with van der Waals surface area (Å²) in [6, 6.07) is 11.3. The third kappa shape index (κ3) is 2.46. The maximum Gasteiger partial charge on any atom is 0.123 e. The van der Waals surface area contributed by atoms with Gasteiger partial charge in [-0.2, -0.15) is 0 Å². The SMILES string of the molecule is Fc1ccc(C2CC(NCc3ccco3)C2)cc1. The van der Waals surface area contributed by atoms with Crippen LogP contribution in [0.25, 0.3) is 0 Å². The molecule has 0 radical (unpaired) electrons. The highest BCUT2D eigenvalue weighted by Gasteiger charge is 2.29. The first-order valence-corrected chi connectivity index (χ1v) is 6.32. The molecule has 0 amide bonds. The van der Waals surface area contributed by atoms with Gasteiger partial charge < -0.3 is 9.73 Å². The molecule has 0 unspecified atom stereocenters. The fourth-order valence-electron chi connectivity index (χ4n) is 2.45. The number of hydrogen-bond donors (Lipinski definition) is 1. The number of rotatable bonds is 4. The second-order valence-electron chi connectivity index (χ2n) is 4.88. The number of furan rings is 1. The van der Waals surface area contributed by atoms with E-state index < -0.39 is 0 Å². The molecule has 1 aromatic heterocycles. The van der Waals surface area contributed by atoms with Crippen molar-refractivity contribution < 1.29 is 8.81 Å². The average Bonchev–Trinajstić information content (AvgIpc) is 2.82. The summed E-state index contributed by atoms with van der Waals surface area (Å²) in [7, 11) is 0. The maximum absolute atomic E-state index is 12.8. The predicted octanol–water partition coefficient (Wildman–Crippen LogP) is 3.45. The summed E-state index contributed by atoms with van der Waals surface area (Å²) in [5, 5.41) is 3.46. The summed E-state index contributed by atoms with van der Waals surface area (Å²) in [5.41, 5.74) is 1.24. The van der Waals surface area contributed by atoms with Crippen molar-refractivity contribution in [3.63, 3.8) is 0 Å². The molecule has 1 heterocycles. The summed E-state index contributed by atoms with van der Waals surface area (Å²) in [6.45, 7) is 0.786. The molecule has 0 atom stereocenters. The second-order valence-corrected chi connectivity index (χ2v) is 4.88. The minimum Gasteiger partial charge on any atom is -0.468 e. The third-order valence-electron chi connectivity index (χ3n) is 3.62. The molecular weight excluding hydrogens is 229 g/mol. The van der Waals surface area contributed by atoms with Gasteiger partial charge in [0.2, 0.25) is 0 Å². The first-order valence-electron chi connectivity index (χ1n) is 6.32. The van der Waals surface area contributed by atoms with Crippen molar-refractivity contribution in [2.24, 2.45) is 0 Å². The van der Waals surface area contributed by atoms with E-state index in [1.54, 1.807) is 18.4 Å². The molecule has 1 aromatic carbocycles. The number of halogens is 1. The Balaban J connectivity index is 1.47. The van der Waals surface area contributed by atoms with E-state index in [4.69, 9.17) is 4.42 Å². The highest BCUT2D eigenvalue weighted by atomic mass is 19.1. The molecule has 1 fully saturated rings. The zero-order chi connectivity index (χ0) is 12.4. The van der Waals surface area contributed by atoms with Crippen LogP contribution in [-0.2, 0) is 6.54 Å². The van der Waals surface area contributed by atoms with Crippen molar-refractivity contribution in [1.82, 2.24) is 5.32 Å². The van der Waals surface area contributed by atoms with Gasteiger partial charge in [0.05, 0.1) is 12.8 Å². The van der Waals surface area contributed by atoms with Crippen molar-refractivity contribution in [3.05, 3.63) is 59.8 Å². The van der Waals surface area contributed by atoms with Gasteiger partial charge >= 0.3 is 0 Å². The highest BCUT2D eigenvalue weighted by molar-refractivity contribution is 5.23. The van der Waals surface area contributed by atoms with Crippen LogP contribution in [0.1, 0.15) is 30.1 Å². The summed E-state index contributed by atoms with van der Waals surface area (Å²) >= 11 is 0. The van der Waals surface area contributed by atoms with Gasteiger partial charge in [-0.3, -0.25) is 0 Å². The van der Waals surface area contributed by atoms with Crippen LogP contribution in [0.5, 0.6) is 0 Å².